The monoisotopic (exact) mass is 1070 g/mol. The molecule has 2 heterocycles. The van der Waals surface area contributed by atoms with Crippen LogP contribution in [0.15, 0.2) is 60.7 Å². The third-order valence-electron chi connectivity index (χ3n) is 18.1. The summed E-state index contributed by atoms with van der Waals surface area (Å²) >= 11 is 0. The molecule has 2 saturated carbocycles. The van der Waals surface area contributed by atoms with Crippen molar-refractivity contribution >= 4 is 35.4 Å². The predicted molar refractivity (Wildman–Crippen MR) is 299 cm³/mol. The van der Waals surface area contributed by atoms with Crippen LogP contribution in [0.5, 0.6) is 11.5 Å². The maximum atomic E-state index is 14.3. The maximum Gasteiger partial charge on any atom is 0.246 e. The third-order valence-corrected chi connectivity index (χ3v) is 18.1. The van der Waals surface area contributed by atoms with Crippen LogP contribution in [-0.4, -0.2) is 109 Å². The Morgan fingerprint density at radius 1 is 0.500 bits per heavy atom. The van der Waals surface area contributed by atoms with Gasteiger partial charge in [-0.25, -0.2) is 0 Å². The van der Waals surface area contributed by atoms with Crippen molar-refractivity contribution in [3.8, 4) is 11.5 Å². The van der Waals surface area contributed by atoms with Crippen molar-refractivity contribution in [2.75, 3.05) is 27.2 Å². The quantitative estimate of drug-likeness (QED) is 0.0675. The van der Waals surface area contributed by atoms with Crippen molar-refractivity contribution in [3.05, 3.63) is 94.0 Å². The number of carbonyl (C=O) groups is 6. The average Bonchev–Trinajstić information content (AvgIpc) is 4.23. The maximum absolute atomic E-state index is 14.3. The summed E-state index contributed by atoms with van der Waals surface area (Å²) in [6.45, 7) is 5.33. The summed E-state index contributed by atoms with van der Waals surface area (Å²) in [5.41, 5.74) is 6.33. The predicted octanol–water partition coefficient (Wildman–Crippen LogP) is 7.16. The Balaban J connectivity index is 0.782. The molecule has 16 heteroatoms. The largest absolute Gasteiger partial charge is 0.489 e. The van der Waals surface area contributed by atoms with Gasteiger partial charge in [-0.1, -0.05) is 87.1 Å². The number of hydrogen-bond acceptors (Lipinski definition) is 10. The van der Waals surface area contributed by atoms with Gasteiger partial charge in [-0.2, -0.15) is 0 Å². The number of carbonyl (C=O) groups excluding carboxylic acids is 6. The summed E-state index contributed by atoms with van der Waals surface area (Å²) < 4.78 is 13.0. The van der Waals surface area contributed by atoms with Gasteiger partial charge < -0.3 is 51.2 Å². The van der Waals surface area contributed by atoms with Crippen LogP contribution < -0.4 is 41.4 Å². The first-order valence-corrected chi connectivity index (χ1v) is 29.7. The van der Waals surface area contributed by atoms with Crippen molar-refractivity contribution in [2.45, 2.75) is 204 Å². The fraction of sp³-hybridized carbons (Fsp3) is 0.613. The van der Waals surface area contributed by atoms with E-state index in [2.05, 4.69) is 68.3 Å². The number of fused-ring (bicyclic) bond motifs is 2. The number of nitrogens with one attached hydrogen (secondary N) is 6. The van der Waals surface area contributed by atoms with Crippen LogP contribution in [0, 0.1) is 11.8 Å². The first kappa shape index (κ1) is 56.7. The Morgan fingerprint density at radius 2 is 0.897 bits per heavy atom. The highest BCUT2D eigenvalue weighted by atomic mass is 16.5. The van der Waals surface area contributed by atoms with Crippen LogP contribution in [0.4, 0.5) is 0 Å². The Labute approximate surface area is 462 Å². The molecule has 6 amide bonds. The highest BCUT2D eigenvalue weighted by Gasteiger charge is 2.44. The van der Waals surface area contributed by atoms with Crippen molar-refractivity contribution in [1.29, 1.82) is 0 Å². The molecule has 78 heavy (non-hydrogen) atoms. The lowest BCUT2D eigenvalue weighted by Crippen LogP contribution is -2.58. The van der Waals surface area contributed by atoms with Gasteiger partial charge in [-0.3, -0.25) is 28.8 Å². The van der Waals surface area contributed by atoms with Crippen molar-refractivity contribution in [2.24, 2.45) is 11.8 Å². The van der Waals surface area contributed by atoms with E-state index in [9.17, 15) is 28.8 Å². The molecule has 422 valence electrons. The van der Waals surface area contributed by atoms with Gasteiger partial charge in [-0.15, -0.1) is 0 Å². The number of rotatable bonds is 20. The van der Waals surface area contributed by atoms with Gasteiger partial charge in [0.2, 0.25) is 35.4 Å². The van der Waals surface area contributed by atoms with Crippen LogP contribution >= 0.6 is 0 Å². The number of likely N-dealkylation sites (N-methyl/N-ethyl adjacent to an activating group) is 2. The van der Waals surface area contributed by atoms with Gasteiger partial charge >= 0.3 is 0 Å². The minimum absolute atomic E-state index is 0.0574. The molecule has 16 nitrogen and oxygen atoms in total. The summed E-state index contributed by atoms with van der Waals surface area (Å²) in [4.78, 5) is 86.6. The van der Waals surface area contributed by atoms with Crippen molar-refractivity contribution in [3.63, 3.8) is 0 Å². The normalized spacial score (nSPS) is 23.2. The van der Waals surface area contributed by atoms with E-state index in [1.165, 1.54) is 0 Å². The zero-order chi connectivity index (χ0) is 54.7. The number of nitrogens with zero attached hydrogens (tertiary/aromatic N) is 2. The molecule has 0 spiro atoms. The van der Waals surface area contributed by atoms with Crippen LogP contribution in [0.3, 0.4) is 0 Å². The zero-order valence-corrected chi connectivity index (χ0v) is 46.7. The Kier molecular flexibility index (Phi) is 19.5. The lowest BCUT2D eigenvalue weighted by atomic mass is 9.83. The zero-order valence-electron chi connectivity index (χ0n) is 46.7. The number of amides is 6. The van der Waals surface area contributed by atoms with E-state index in [0.717, 1.165) is 160 Å². The molecular formula is C62H86N8O8. The molecule has 9 rings (SSSR count). The molecule has 6 aliphatic rings. The first-order chi connectivity index (χ1) is 37.9. The lowest BCUT2D eigenvalue weighted by molar-refractivity contribution is -0.143. The van der Waals surface area contributed by atoms with E-state index in [0.29, 0.717) is 39.1 Å². The molecule has 0 bridgehead atoms. The minimum Gasteiger partial charge on any atom is -0.489 e. The number of hydrogen-bond donors (Lipinski definition) is 6. The van der Waals surface area contributed by atoms with Crippen LogP contribution in [0.1, 0.15) is 175 Å². The molecule has 2 saturated heterocycles. The van der Waals surface area contributed by atoms with E-state index >= 15 is 0 Å². The van der Waals surface area contributed by atoms with Gasteiger partial charge in [0.1, 0.15) is 48.9 Å². The second kappa shape index (κ2) is 26.8. The molecule has 2 aliphatic heterocycles. The van der Waals surface area contributed by atoms with Crippen LogP contribution in [0.25, 0.3) is 0 Å². The van der Waals surface area contributed by atoms with E-state index in [1.54, 1.807) is 37.7 Å². The molecule has 0 unspecified atom stereocenters. The van der Waals surface area contributed by atoms with Crippen LogP contribution in [0.2, 0.25) is 0 Å². The minimum atomic E-state index is -0.642. The number of likely N-dealkylation sites (tertiary alicyclic amines) is 2. The Hall–Kier alpha value is -6.00. The molecule has 3 aromatic carbocycles. The number of benzene rings is 3. The topological polar surface area (TPSA) is 200 Å². The standard InChI is InChI=1S/C62H86N8O8/c1-39(63-3)57(71)67-55(43-17-7-5-8-18-43)61(75)69-35-15-27-51(69)59(73)65-49-25-11-23-47-45(49)21-13-29-53(47)77-37-41-31-33-42(34-32-41)38-78-54-30-14-22-46-48(54)24-12-26-50(46)66-60(74)52-28-16-36-70(52)62(76)56(44-19-9-6-10-20-44)68-58(72)40(2)64-4/h13-14,21-22,29-34,39-40,43-44,49-52,55-56,63-64H,5-12,15-20,23-28,35-38H2,1-4H3,(H,65,73)(H,66,74)(H,67,71)(H,68,72)/t39-,40-,49+,50+,51-,52-,55-,56-/m0/s1. The molecule has 3 aromatic rings. The molecule has 8 atom stereocenters. The molecule has 6 N–H and O–H groups in total. The fourth-order valence-electron chi connectivity index (χ4n) is 13.3. The summed E-state index contributed by atoms with van der Waals surface area (Å²) in [5.74, 6) is 0.759. The first-order valence-electron chi connectivity index (χ1n) is 29.7. The van der Waals surface area contributed by atoms with Gasteiger partial charge in [0.15, 0.2) is 0 Å². The molecule has 0 radical (unpaired) electrons. The molecule has 4 fully saturated rings. The van der Waals surface area contributed by atoms with E-state index in [-0.39, 0.29) is 59.4 Å². The smallest absolute Gasteiger partial charge is 0.246 e. The summed E-state index contributed by atoms with van der Waals surface area (Å²) in [7, 11) is 3.47. The Bertz CT molecular complexity index is 2410. The SMILES string of the molecule is CN[C@@H](C)C(=O)N[C@H](C(=O)N1CCC[C@H]1C(=O)N[C@@H]1CCCc2c(OCc3ccc(COc4cccc5c4CCC[C@H]5NC(=O)[C@@H]4CCCN4C(=O)[C@@H](NC(=O)[C@H](C)NC)C4CCCCC4)cc3)cccc21)C1CCCCC1. The summed E-state index contributed by atoms with van der Waals surface area (Å²) in [6, 6.07) is 16.7. The second-order valence-electron chi connectivity index (χ2n) is 23.1. The summed E-state index contributed by atoms with van der Waals surface area (Å²) in [5, 5.41) is 18.8. The number of ether oxygens (including phenoxy) is 2. The molecular weight excluding hydrogens is 985 g/mol. The van der Waals surface area contributed by atoms with Crippen LogP contribution in [-0.2, 0) is 54.8 Å². The average molecular weight is 1070 g/mol. The van der Waals surface area contributed by atoms with Crippen molar-refractivity contribution in [1.82, 2.24) is 41.7 Å². The van der Waals surface area contributed by atoms with Gasteiger partial charge in [-0.05, 0) is 175 Å². The van der Waals surface area contributed by atoms with Crippen molar-refractivity contribution < 1.29 is 38.2 Å². The third kappa shape index (κ3) is 13.4. The van der Waals surface area contributed by atoms with Gasteiger partial charge in [0.05, 0.1) is 24.2 Å². The summed E-state index contributed by atoms with van der Waals surface area (Å²) in [6.07, 6.45) is 17.7. The highest BCUT2D eigenvalue weighted by molar-refractivity contribution is 5.95. The van der Waals surface area contributed by atoms with E-state index in [1.807, 2.05) is 24.3 Å². The van der Waals surface area contributed by atoms with Gasteiger partial charge in [0.25, 0.3) is 0 Å². The second-order valence-corrected chi connectivity index (χ2v) is 23.1. The van der Waals surface area contributed by atoms with E-state index < -0.39 is 36.3 Å². The fourth-order valence-corrected chi connectivity index (χ4v) is 13.3. The van der Waals surface area contributed by atoms with Gasteiger partial charge in [0, 0.05) is 13.1 Å². The highest BCUT2D eigenvalue weighted by Crippen LogP contribution is 2.39. The van der Waals surface area contributed by atoms with E-state index in [4.69, 9.17) is 9.47 Å². The molecule has 4 aliphatic carbocycles. The molecule has 0 aromatic heterocycles. The lowest BCUT2D eigenvalue weighted by Gasteiger charge is -2.36. The Morgan fingerprint density at radius 3 is 1.28 bits per heavy atom.